The molecule has 0 radical (unpaired) electrons. The van der Waals surface area contributed by atoms with Crippen LogP contribution >= 0.6 is 22.9 Å². The normalized spacial score (nSPS) is 16.9. The second-order valence-corrected chi connectivity index (χ2v) is 10.2. The summed E-state index contributed by atoms with van der Waals surface area (Å²) in [6.45, 7) is 0.556. The van der Waals surface area contributed by atoms with Crippen molar-refractivity contribution in [1.82, 2.24) is 9.55 Å². The van der Waals surface area contributed by atoms with Crippen LogP contribution in [0.25, 0.3) is 10.9 Å². The smallest absolute Gasteiger partial charge is 0.263 e. The zero-order valence-corrected chi connectivity index (χ0v) is 18.5. The summed E-state index contributed by atoms with van der Waals surface area (Å²) in [5, 5.41) is 3.64. The molecular weight excluding hydrogens is 456 g/mol. The van der Waals surface area contributed by atoms with Gasteiger partial charge in [0.2, 0.25) is 5.91 Å². The Morgan fingerprint density at radius 3 is 2.68 bits per heavy atom. The number of sulfonamides is 1. The highest BCUT2D eigenvalue weighted by Gasteiger charge is 2.34. The van der Waals surface area contributed by atoms with E-state index in [4.69, 9.17) is 11.6 Å². The Balaban J connectivity index is 1.37. The van der Waals surface area contributed by atoms with Crippen LogP contribution in [0.15, 0.2) is 71.2 Å². The van der Waals surface area contributed by atoms with Gasteiger partial charge >= 0.3 is 0 Å². The van der Waals surface area contributed by atoms with E-state index in [9.17, 15) is 13.2 Å². The van der Waals surface area contributed by atoms with Crippen LogP contribution in [0.2, 0.25) is 5.02 Å². The third-order valence-electron chi connectivity index (χ3n) is 5.31. The molecule has 3 heterocycles. The molecule has 1 amide bonds. The summed E-state index contributed by atoms with van der Waals surface area (Å²) < 4.78 is 29.5. The molecule has 1 atom stereocenters. The molecule has 158 valence electrons. The van der Waals surface area contributed by atoms with Crippen molar-refractivity contribution in [3.05, 3.63) is 71.3 Å². The highest BCUT2D eigenvalue weighted by molar-refractivity contribution is 7.93. The van der Waals surface area contributed by atoms with Crippen LogP contribution in [-0.4, -0.2) is 30.4 Å². The van der Waals surface area contributed by atoms with Gasteiger partial charge < -0.3 is 9.47 Å². The Bertz CT molecular complexity index is 1370. The number of amides is 1. The second kappa shape index (κ2) is 7.67. The summed E-state index contributed by atoms with van der Waals surface area (Å²) in [5.74, 6) is -0.0241. The topological polar surface area (TPSA) is 84.3 Å². The first kappa shape index (κ1) is 20.0. The average molecular weight is 473 g/mol. The molecule has 10 heteroatoms. The average Bonchev–Trinajstić information content (AvgIpc) is 3.48. The second-order valence-electron chi connectivity index (χ2n) is 7.16. The number of benzene rings is 2. The van der Waals surface area contributed by atoms with Crippen molar-refractivity contribution in [2.24, 2.45) is 0 Å². The lowest BCUT2D eigenvalue weighted by molar-refractivity contribution is -0.119. The number of carbonyl (C=O) groups excluding carboxylic acids is 1. The number of rotatable bonds is 5. The van der Waals surface area contributed by atoms with Crippen molar-refractivity contribution in [2.75, 3.05) is 16.2 Å². The predicted molar refractivity (Wildman–Crippen MR) is 122 cm³/mol. The van der Waals surface area contributed by atoms with E-state index in [1.54, 1.807) is 22.4 Å². The minimum absolute atomic E-state index is 0.0241. The molecule has 0 aliphatic carbocycles. The van der Waals surface area contributed by atoms with Gasteiger partial charge in [0.15, 0.2) is 5.13 Å². The quantitative estimate of drug-likeness (QED) is 0.462. The maximum absolute atomic E-state index is 13.1. The largest absolute Gasteiger partial charge is 0.335 e. The fourth-order valence-electron chi connectivity index (χ4n) is 3.84. The summed E-state index contributed by atoms with van der Waals surface area (Å²) in [7, 11) is -3.73. The number of thiazole rings is 1. The fraction of sp³-hybridized carbons (Fsp3) is 0.143. The Kier molecular flexibility index (Phi) is 4.96. The van der Waals surface area contributed by atoms with Crippen LogP contribution in [-0.2, 0) is 14.8 Å². The van der Waals surface area contributed by atoms with Gasteiger partial charge in [-0.15, -0.1) is 11.3 Å². The van der Waals surface area contributed by atoms with E-state index in [1.807, 2.05) is 35.0 Å². The number of carbonyl (C=O) groups is 1. The highest BCUT2D eigenvalue weighted by atomic mass is 35.5. The van der Waals surface area contributed by atoms with E-state index in [-0.39, 0.29) is 16.8 Å². The molecule has 31 heavy (non-hydrogen) atoms. The Labute approximate surface area is 187 Å². The highest BCUT2D eigenvalue weighted by Crippen LogP contribution is 2.32. The van der Waals surface area contributed by atoms with Crippen molar-refractivity contribution in [3.8, 4) is 0 Å². The van der Waals surface area contributed by atoms with Gasteiger partial charge in [-0.2, -0.15) is 0 Å². The molecule has 2 aromatic heterocycles. The van der Waals surface area contributed by atoms with Crippen molar-refractivity contribution in [1.29, 1.82) is 0 Å². The number of nitrogens with one attached hydrogen (secondary N) is 1. The molecule has 5 rings (SSSR count). The SMILES string of the molecule is O=C1C(n2ccc3cc(Cl)ccc32)CCN1c1ccc(S(=O)(=O)Nc2nccs2)cc1. The van der Waals surface area contributed by atoms with Crippen molar-refractivity contribution in [2.45, 2.75) is 17.4 Å². The molecule has 1 N–H and O–H groups in total. The zero-order valence-electron chi connectivity index (χ0n) is 16.1. The van der Waals surface area contributed by atoms with Crippen molar-refractivity contribution in [3.63, 3.8) is 0 Å². The third kappa shape index (κ3) is 3.69. The molecule has 1 aliphatic heterocycles. The van der Waals surface area contributed by atoms with E-state index in [1.165, 1.54) is 29.7 Å². The van der Waals surface area contributed by atoms with Crippen LogP contribution < -0.4 is 9.62 Å². The number of nitrogens with zero attached hydrogens (tertiary/aromatic N) is 3. The summed E-state index contributed by atoms with van der Waals surface area (Å²) in [6.07, 6.45) is 4.10. The molecule has 1 saturated heterocycles. The summed E-state index contributed by atoms with van der Waals surface area (Å²) in [4.78, 5) is 18.9. The Morgan fingerprint density at radius 2 is 1.94 bits per heavy atom. The zero-order chi connectivity index (χ0) is 21.6. The molecule has 2 aromatic carbocycles. The number of fused-ring (bicyclic) bond motifs is 1. The molecule has 7 nitrogen and oxygen atoms in total. The van der Waals surface area contributed by atoms with Crippen LogP contribution in [0.4, 0.5) is 10.8 Å². The lowest BCUT2D eigenvalue weighted by atomic mass is 10.2. The third-order valence-corrected chi connectivity index (χ3v) is 7.72. The van der Waals surface area contributed by atoms with E-state index in [0.29, 0.717) is 28.8 Å². The summed E-state index contributed by atoms with van der Waals surface area (Å²) in [5.41, 5.74) is 1.62. The van der Waals surface area contributed by atoms with Crippen molar-refractivity contribution < 1.29 is 13.2 Å². The minimum Gasteiger partial charge on any atom is -0.335 e. The van der Waals surface area contributed by atoms with Crippen LogP contribution in [0.1, 0.15) is 12.5 Å². The number of anilines is 2. The molecule has 4 aromatic rings. The predicted octanol–water partition coefficient (Wildman–Crippen LogP) is 4.53. The van der Waals surface area contributed by atoms with E-state index in [0.717, 1.165) is 10.9 Å². The Morgan fingerprint density at radius 1 is 1.13 bits per heavy atom. The Hall–Kier alpha value is -2.88. The first-order valence-electron chi connectivity index (χ1n) is 9.52. The van der Waals surface area contributed by atoms with Gasteiger partial charge in [-0.1, -0.05) is 11.6 Å². The van der Waals surface area contributed by atoms with E-state index >= 15 is 0 Å². The number of hydrogen-bond acceptors (Lipinski definition) is 5. The lowest BCUT2D eigenvalue weighted by Gasteiger charge is -2.18. The van der Waals surface area contributed by atoms with Crippen LogP contribution in [0, 0.1) is 0 Å². The standard InChI is InChI=1S/C21H17ClN4O3S2/c22-15-1-6-18-14(13-15)7-10-26(18)19-8-11-25(20(19)27)16-2-4-17(5-3-16)31(28,29)24-21-23-9-12-30-21/h1-7,9-10,12-13,19H,8,11H2,(H,23,24). The maximum atomic E-state index is 13.1. The molecule has 0 spiro atoms. The van der Waals surface area contributed by atoms with Crippen LogP contribution in [0.3, 0.4) is 0 Å². The summed E-state index contributed by atoms with van der Waals surface area (Å²) >= 11 is 7.27. The minimum atomic E-state index is -3.73. The number of hydrogen-bond donors (Lipinski definition) is 1. The fourth-order valence-corrected chi connectivity index (χ4v) is 5.81. The van der Waals surface area contributed by atoms with Gasteiger partial charge in [0.05, 0.1) is 4.90 Å². The monoisotopic (exact) mass is 472 g/mol. The number of halogens is 1. The summed E-state index contributed by atoms with van der Waals surface area (Å²) in [6, 6.07) is 13.6. The molecule has 1 unspecified atom stereocenters. The van der Waals surface area contributed by atoms with Gasteiger partial charge in [0, 0.05) is 45.9 Å². The van der Waals surface area contributed by atoms with Gasteiger partial charge in [-0.25, -0.2) is 13.4 Å². The molecule has 1 fully saturated rings. The van der Waals surface area contributed by atoms with Crippen molar-refractivity contribution >= 4 is 60.6 Å². The van der Waals surface area contributed by atoms with E-state index in [2.05, 4.69) is 9.71 Å². The van der Waals surface area contributed by atoms with E-state index < -0.39 is 10.0 Å². The molecule has 0 saturated carbocycles. The lowest BCUT2D eigenvalue weighted by Crippen LogP contribution is -2.28. The van der Waals surface area contributed by atoms with Gasteiger partial charge in [-0.3, -0.25) is 9.52 Å². The first-order chi connectivity index (χ1) is 14.9. The van der Waals surface area contributed by atoms with Gasteiger partial charge in [0.25, 0.3) is 10.0 Å². The number of aromatic nitrogens is 2. The van der Waals surface area contributed by atoms with Gasteiger partial charge in [-0.05, 0) is 55.0 Å². The molecular formula is C21H17ClN4O3S2. The van der Waals surface area contributed by atoms with Gasteiger partial charge in [0.1, 0.15) is 6.04 Å². The van der Waals surface area contributed by atoms with Crippen LogP contribution in [0.5, 0.6) is 0 Å². The molecule has 0 bridgehead atoms. The molecule has 1 aliphatic rings. The maximum Gasteiger partial charge on any atom is 0.263 e. The first-order valence-corrected chi connectivity index (χ1v) is 12.3.